The highest BCUT2D eigenvalue weighted by Crippen LogP contribution is 2.02. The van der Waals surface area contributed by atoms with Gasteiger partial charge in [0.1, 0.15) is 10.7 Å². The number of furan rings is 1. The number of likely N-dealkylation sites (N-methyl/N-ethyl adjacent to an activating group) is 1. The maximum atomic E-state index is 5.10. The van der Waals surface area contributed by atoms with Gasteiger partial charge in [-0.25, -0.2) is 0 Å². The van der Waals surface area contributed by atoms with Crippen molar-refractivity contribution in [2.45, 2.75) is 0 Å². The molecule has 0 aromatic carbocycles. The molecule has 1 aromatic heterocycles. The lowest BCUT2D eigenvalue weighted by atomic mass is 10.4. The van der Waals surface area contributed by atoms with Crippen molar-refractivity contribution in [2.75, 3.05) is 14.1 Å². The summed E-state index contributed by atoms with van der Waals surface area (Å²) in [5.74, 6) is 0.819. The first-order chi connectivity index (χ1) is 5.70. The highest BCUT2D eigenvalue weighted by Gasteiger charge is 1.92. The summed E-state index contributed by atoms with van der Waals surface area (Å²) in [6.45, 7) is 0. The number of rotatable bonds is 2. The molecule has 0 aliphatic carbocycles. The van der Waals surface area contributed by atoms with Gasteiger partial charge in [-0.15, -0.1) is 0 Å². The lowest BCUT2D eigenvalue weighted by molar-refractivity contribution is 0.557. The molecule has 1 rings (SSSR count). The van der Waals surface area contributed by atoms with E-state index < -0.39 is 0 Å². The molecule has 0 amide bonds. The van der Waals surface area contributed by atoms with Crippen molar-refractivity contribution in [1.29, 1.82) is 0 Å². The minimum absolute atomic E-state index is 0.784. The summed E-state index contributed by atoms with van der Waals surface area (Å²) in [4.78, 5) is 2.65. The first kappa shape index (κ1) is 9.00. The molecule has 64 valence electrons. The summed E-state index contributed by atoms with van der Waals surface area (Å²) in [7, 11) is 3.82. The van der Waals surface area contributed by atoms with Gasteiger partial charge in [0.2, 0.25) is 0 Å². The second-order valence-corrected chi connectivity index (χ2v) is 3.00. The lowest BCUT2D eigenvalue weighted by Gasteiger charge is -2.08. The third kappa shape index (κ3) is 2.51. The predicted molar refractivity (Wildman–Crippen MR) is 54.0 cm³/mol. The minimum Gasteiger partial charge on any atom is -0.465 e. The highest BCUT2D eigenvalue weighted by molar-refractivity contribution is 7.80. The summed E-state index contributed by atoms with van der Waals surface area (Å²) in [6.07, 6.45) is 5.33. The van der Waals surface area contributed by atoms with E-state index in [9.17, 15) is 0 Å². The standard InChI is InChI=1S/C9H11NOS/c1-10(2)9(12)6-5-8-4-3-7-11-8/h3-7H,1-2H3/b6-5+. The van der Waals surface area contributed by atoms with Crippen LogP contribution in [0.25, 0.3) is 6.08 Å². The maximum absolute atomic E-state index is 5.10. The molecule has 0 aliphatic rings. The Hall–Kier alpha value is -1.09. The van der Waals surface area contributed by atoms with Gasteiger partial charge in [0.15, 0.2) is 0 Å². The molecule has 0 N–H and O–H groups in total. The third-order valence-electron chi connectivity index (χ3n) is 1.37. The van der Waals surface area contributed by atoms with Gasteiger partial charge < -0.3 is 9.32 Å². The van der Waals surface area contributed by atoms with Crippen molar-refractivity contribution in [3.63, 3.8) is 0 Å². The molecular formula is C9H11NOS. The Morgan fingerprint density at radius 2 is 2.33 bits per heavy atom. The van der Waals surface area contributed by atoms with E-state index in [0.29, 0.717) is 0 Å². The molecule has 2 nitrogen and oxygen atoms in total. The van der Waals surface area contributed by atoms with Crippen LogP contribution in [-0.2, 0) is 0 Å². The van der Waals surface area contributed by atoms with E-state index in [1.54, 1.807) is 6.26 Å². The summed E-state index contributed by atoms with van der Waals surface area (Å²) in [6, 6.07) is 3.73. The number of thiocarbonyl (C=S) groups is 1. The van der Waals surface area contributed by atoms with Gasteiger partial charge in [-0.3, -0.25) is 0 Å². The fraction of sp³-hybridized carbons (Fsp3) is 0.222. The molecule has 12 heavy (non-hydrogen) atoms. The second kappa shape index (κ2) is 4.07. The van der Waals surface area contributed by atoms with Crippen molar-refractivity contribution >= 4 is 23.3 Å². The van der Waals surface area contributed by atoms with Crippen LogP contribution in [-0.4, -0.2) is 24.0 Å². The zero-order chi connectivity index (χ0) is 8.97. The first-order valence-corrected chi connectivity index (χ1v) is 4.04. The molecule has 0 spiro atoms. The van der Waals surface area contributed by atoms with Crippen molar-refractivity contribution < 1.29 is 4.42 Å². The molecule has 0 atom stereocenters. The van der Waals surface area contributed by atoms with Crippen LogP contribution in [0, 0.1) is 0 Å². The van der Waals surface area contributed by atoms with E-state index in [4.69, 9.17) is 16.6 Å². The SMILES string of the molecule is CN(C)C(=S)/C=C/c1ccco1. The Balaban J connectivity index is 2.57. The van der Waals surface area contributed by atoms with Crippen molar-refractivity contribution in [1.82, 2.24) is 4.90 Å². The largest absolute Gasteiger partial charge is 0.465 e. The Bertz CT molecular complexity index is 275. The maximum Gasteiger partial charge on any atom is 0.126 e. The van der Waals surface area contributed by atoms with Crippen LogP contribution in [0.15, 0.2) is 28.9 Å². The molecule has 1 heterocycles. The van der Waals surface area contributed by atoms with Gasteiger partial charge in [0.05, 0.1) is 6.26 Å². The Morgan fingerprint density at radius 1 is 1.58 bits per heavy atom. The van der Waals surface area contributed by atoms with Gasteiger partial charge in [0, 0.05) is 14.1 Å². The van der Waals surface area contributed by atoms with Crippen molar-refractivity contribution in [2.24, 2.45) is 0 Å². The third-order valence-corrected chi connectivity index (χ3v) is 1.88. The first-order valence-electron chi connectivity index (χ1n) is 3.63. The normalized spacial score (nSPS) is 10.5. The molecule has 0 unspecified atom stereocenters. The molecular weight excluding hydrogens is 170 g/mol. The van der Waals surface area contributed by atoms with E-state index in [1.807, 2.05) is 43.3 Å². The molecule has 0 saturated carbocycles. The van der Waals surface area contributed by atoms with E-state index in [2.05, 4.69) is 0 Å². The molecule has 0 saturated heterocycles. The lowest BCUT2D eigenvalue weighted by Crippen LogP contribution is -2.16. The van der Waals surface area contributed by atoms with Gasteiger partial charge in [0.25, 0.3) is 0 Å². The monoisotopic (exact) mass is 181 g/mol. The summed E-state index contributed by atoms with van der Waals surface area (Å²) in [5, 5.41) is 0. The molecule has 0 aliphatic heterocycles. The molecule has 1 aromatic rings. The molecule has 0 fully saturated rings. The van der Waals surface area contributed by atoms with E-state index in [0.717, 1.165) is 10.7 Å². The van der Waals surface area contributed by atoms with E-state index in [-0.39, 0.29) is 0 Å². The van der Waals surface area contributed by atoms with Crippen LogP contribution in [0.1, 0.15) is 5.76 Å². The Labute approximate surface area is 77.5 Å². The van der Waals surface area contributed by atoms with Crippen LogP contribution < -0.4 is 0 Å². The fourth-order valence-electron chi connectivity index (χ4n) is 0.689. The van der Waals surface area contributed by atoms with Gasteiger partial charge in [-0.05, 0) is 24.3 Å². The topological polar surface area (TPSA) is 16.4 Å². The smallest absolute Gasteiger partial charge is 0.126 e. The molecule has 3 heteroatoms. The number of nitrogens with zero attached hydrogens (tertiary/aromatic N) is 1. The van der Waals surface area contributed by atoms with E-state index >= 15 is 0 Å². The molecule has 0 radical (unpaired) electrons. The van der Waals surface area contributed by atoms with Crippen LogP contribution in [0.2, 0.25) is 0 Å². The fourth-order valence-corrected chi connectivity index (χ4v) is 0.757. The van der Waals surface area contributed by atoms with Crippen LogP contribution in [0.4, 0.5) is 0 Å². The van der Waals surface area contributed by atoms with E-state index in [1.165, 1.54) is 0 Å². The molecule has 0 bridgehead atoms. The summed E-state index contributed by atoms with van der Waals surface area (Å²) < 4.78 is 5.10. The average molecular weight is 181 g/mol. The summed E-state index contributed by atoms with van der Waals surface area (Å²) in [5.41, 5.74) is 0. The second-order valence-electron chi connectivity index (χ2n) is 2.58. The zero-order valence-electron chi connectivity index (χ0n) is 7.15. The average Bonchev–Trinajstić information content (AvgIpc) is 2.51. The quantitative estimate of drug-likeness (QED) is 0.514. The Morgan fingerprint density at radius 3 is 2.83 bits per heavy atom. The van der Waals surface area contributed by atoms with Gasteiger partial charge in [-0.1, -0.05) is 12.2 Å². The van der Waals surface area contributed by atoms with Gasteiger partial charge >= 0.3 is 0 Å². The zero-order valence-corrected chi connectivity index (χ0v) is 7.97. The summed E-state index contributed by atoms with van der Waals surface area (Å²) >= 11 is 5.05. The van der Waals surface area contributed by atoms with Crippen LogP contribution in [0.5, 0.6) is 0 Å². The number of hydrogen-bond acceptors (Lipinski definition) is 2. The van der Waals surface area contributed by atoms with Crippen LogP contribution in [0.3, 0.4) is 0 Å². The van der Waals surface area contributed by atoms with Crippen molar-refractivity contribution in [3.8, 4) is 0 Å². The number of hydrogen-bond donors (Lipinski definition) is 0. The minimum atomic E-state index is 0.784. The predicted octanol–water partition coefficient (Wildman–Crippen LogP) is 2.18. The van der Waals surface area contributed by atoms with Crippen LogP contribution >= 0.6 is 12.2 Å². The van der Waals surface area contributed by atoms with Crippen molar-refractivity contribution in [3.05, 3.63) is 30.2 Å². The van der Waals surface area contributed by atoms with Gasteiger partial charge in [-0.2, -0.15) is 0 Å². The highest BCUT2D eigenvalue weighted by atomic mass is 32.1. The Kier molecular flexibility index (Phi) is 3.05.